The van der Waals surface area contributed by atoms with Crippen LogP contribution in [0.15, 0.2) is 0 Å². The molecular formula is C11H25NO2. The highest BCUT2D eigenvalue weighted by atomic mass is 16.5. The highest BCUT2D eigenvalue weighted by Gasteiger charge is 2.19. The minimum absolute atomic E-state index is 0.228. The molecule has 0 aliphatic carbocycles. The van der Waals surface area contributed by atoms with Gasteiger partial charge in [0, 0.05) is 19.2 Å². The standard InChI is InChI=1S/C11H25NO2/c1-6-14-8-10(13)7-12-9(2)11(3,4)5/h9-10,12-13H,6-8H2,1-5H3. The number of nitrogens with one attached hydrogen (secondary N) is 1. The Labute approximate surface area is 87.8 Å². The number of aliphatic hydroxyl groups excluding tert-OH is 1. The Hall–Kier alpha value is -0.120. The van der Waals surface area contributed by atoms with E-state index in [1.807, 2.05) is 6.92 Å². The van der Waals surface area contributed by atoms with Crippen molar-refractivity contribution in [1.82, 2.24) is 5.32 Å². The molecule has 0 aromatic heterocycles. The zero-order chi connectivity index (χ0) is 11.2. The van der Waals surface area contributed by atoms with Crippen molar-refractivity contribution in [2.45, 2.75) is 46.8 Å². The fourth-order valence-corrected chi connectivity index (χ4v) is 0.932. The summed E-state index contributed by atoms with van der Waals surface area (Å²) in [5.74, 6) is 0. The SMILES string of the molecule is CCOCC(O)CNC(C)C(C)(C)C. The zero-order valence-corrected chi connectivity index (χ0v) is 10.1. The second-order valence-electron chi connectivity index (χ2n) is 4.81. The molecule has 0 aliphatic heterocycles. The van der Waals surface area contributed by atoms with Crippen molar-refractivity contribution in [3.8, 4) is 0 Å². The van der Waals surface area contributed by atoms with Crippen molar-refractivity contribution >= 4 is 0 Å². The van der Waals surface area contributed by atoms with Crippen LogP contribution >= 0.6 is 0 Å². The summed E-state index contributed by atoms with van der Waals surface area (Å²) < 4.78 is 5.12. The molecule has 2 N–H and O–H groups in total. The molecule has 0 spiro atoms. The molecule has 0 rings (SSSR count). The molecule has 0 aromatic carbocycles. The van der Waals surface area contributed by atoms with E-state index in [1.54, 1.807) is 0 Å². The van der Waals surface area contributed by atoms with Gasteiger partial charge in [0.15, 0.2) is 0 Å². The van der Waals surface area contributed by atoms with Crippen LogP contribution in [0, 0.1) is 5.41 Å². The van der Waals surface area contributed by atoms with Gasteiger partial charge in [-0.15, -0.1) is 0 Å². The molecular weight excluding hydrogens is 178 g/mol. The molecule has 0 aromatic rings. The van der Waals surface area contributed by atoms with Crippen molar-refractivity contribution in [3.05, 3.63) is 0 Å². The van der Waals surface area contributed by atoms with Gasteiger partial charge >= 0.3 is 0 Å². The maximum atomic E-state index is 9.51. The van der Waals surface area contributed by atoms with Crippen LogP contribution in [-0.4, -0.2) is 37.0 Å². The second kappa shape index (κ2) is 6.38. The monoisotopic (exact) mass is 203 g/mol. The Morgan fingerprint density at radius 2 is 1.93 bits per heavy atom. The lowest BCUT2D eigenvalue weighted by Crippen LogP contribution is -2.42. The summed E-state index contributed by atoms with van der Waals surface area (Å²) in [5, 5.41) is 12.8. The molecule has 0 saturated heterocycles. The number of aliphatic hydroxyl groups is 1. The number of rotatable bonds is 6. The lowest BCUT2D eigenvalue weighted by molar-refractivity contribution is 0.0394. The van der Waals surface area contributed by atoms with Crippen molar-refractivity contribution in [1.29, 1.82) is 0 Å². The molecule has 0 aliphatic rings. The molecule has 2 unspecified atom stereocenters. The van der Waals surface area contributed by atoms with Gasteiger partial charge in [0.2, 0.25) is 0 Å². The highest BCUT2D eigenvalue weighted by Crippen LogP contribution is 2.18. The van der Waals surface area contributed by atoms with Gasteiger partial charge < -0.3 is 15.2 Å². The fourth-order valence-electron chi connectivity index (χ4n) is 0.932. The van der Waals surface area contributed by atoms with Crippen LogP contribution < -0.4 is 5.32 Å². The van der Waals surface area contributed by atoms with Crippen LogP contribution in [0.25, 0.3) is 0 Å². The van der Waals surface area contributed by atoms with E-state index >= 15 is 0 Å². The summed E-state index contributed by atoms with van der Waals surface area (Å²) in [6.45, 7) is 12.3. The molecule has 0 bridgehead atoms. The third-order valence-corrected chi connectivity index (χ3v) is 2.47. The van der Waals surface area contributed by atoms with E-state index < -0.39 is 6.10 Å². The van der Waals surface area contributed by atoms with Crippen LogP contribution in [0.5, 0.6) is 0 Å². The Morgan fingerprint density at radius 3 is 2.36 bits per heavy atom. The van der Waals surface area contributed by atoms with Crippen molar-refractivity contribution in [2.24, 2.45) is 5.41 Å². The van der Waals surface area contributed by atoms with Crippen LogP contribution in [-0.2, 0) is 4.74 Å². The van der Waals surface area contributed by atoms with Gasteiger partial charge in [-0.2, -0.15) is 0 Å². The summed E-state index contributed by atoms with van der Waals surface area (Å²) in [4.78, 5) is 0. The van der Waals surface area contributed by atoms with Crippen LogP contribution in [0.1, 0.15) is 34.6 Å². The van der Waals surface area contributed by atoms with E-state index in [2.05, 4.69) is 33.0 Å². The van der Waals surface area contributed by atoms with E-state index in [-0.39, 0.29) is 5.41 Å². The summed E-state index contributed by atoms with van der Waals surface area (Å²) in [6, 6.07) is 0.388. The Balaban J connectivity index is 3.61. The van der Waals surface area contributed by atoms with Crippen molar-refractivity contribution in [2.75, 3.05) is 19.8 Å². The Bertz CT molecular complexity index is 143. The van der Waals surface area contributed by atoms with Gasteiger partial charge in [-0.3, -0.25) is 0 Å². The molecule has 0 amide bonds. The lowest BCUT2D eigenvalue weighted by Gasteiger charge is -2.29. The molecule has 0 radical (unpaired) electrons. The minimum atomic E-state index is -0.403. The Kier molecular flexibility index (Phi) is 6.33. The first-order valence-corrected chi connectivity index (χ1v) is 5.37. The molecule has 3 heteroatoms. The van der Waals surface area contributed by atoms with E-state index in [1.165, 1.54) is 0 Å². The molecule has 86 valence electrons. The van der Waals surface area contributed by atoms with E-state index in [4.69, 9.17) is 4.74 Å². The third-order valence-electron chi connectivity index (χ3n) is 2.47. The van der Waals surface area contributed by atoms with Crippen LogP contribution in [0.3, 0.4) is 0 Å². The van der Waals surface area contributed by atoms with Gasteiger partial charge in [-0.05, 0) is 19.3 Å². The zero-order valence-electron chi connectivity index (χ0n) is 10.1. The number of hydrogen-bond donors (Lipinski definition) is 2. The summed E-state index contributed by atoms with van der Waals surface area (Å²) in [5.41, 5.74) is 0.228. The first kappa shape index (κ1) is 13.9. The molecule has 3 nitrogen and oxygen atoms in total. The van der Waals surface area contributed by atoms with Gasteiger partial charge in [0.25, 0.3) is 0 Å². The Morgan fingerprint density at radius 1 is 1.36 bits per heavy atom. The maximum Gasteiger partial charge on any atom is 0.0897 e. The van der Waals surface area contributed by atoms with Gasteiger partial charge in [0.1, 0.15) is 0 Å². The summed E-state index contributed by atoms with van der Waals surface area (Å²) >= 11 is 0. The average Bonchev–Trinajstić information content (AvgIpc) is 2.09. The molecule has 0 saturated carbocycles. The summed E-state index contributed by atoms with van der Waals surface area (Å²) in [7, 11) is 0. The van der Waals surface area contributed by atoms with E-state index in [0.717, 1.165) is 0 Å². The third kappa shape index (κ3) is 6.35. The largest absolute Gasteiger partial charge is 0.389 e. The van der Waals surface area contributed by atoms with Crippen LogP contribution in [0.2, 0.25) is 0 Å². The van der Waals surface area contributed by atoms with Gasteiger partial charge in [0.05, 0.1) is 12.7 Å². The van der Waals surface area contributed by atoms with Gasteiger partial charge in [-0.25, -0.2) is 0 Å². The molecule has 0 fully saturated rings. The number of ether oxygens (including phenoxy) is 1. The first-order valence-electron chi connectivity index (χ1n) is 5.37. The normalized spacial score (nSPS) is 16.7. The predicted octanol–water partition coefficient (Wildman–Crippen LogP) is 1.41. The van der Waals surface area contributed by atoms with Crippen LogP contribution in [0.4, 0.5) is 0 Å². The fraction of sp³-hybridized carbons (Fsp3) is 1.00. The molecule has 2 atom stereocenters. The molecule has 0 heterocycles. The lowest BCUT2D eigenvalue weighted by atomic mass is 9.88. The highest BCUT2D eigenvalue weighted by molar-refractivity contribution is 4.77. The summed E-state index contributed by atoms with van der Waals surface area (Å²) in [6.07, 6.45) is -0.403. The van der Waals surface area contributed by atoms with E-state index in [0.29, 0.717) is 25.8 Å². The maximum absolute atomic E-state index is 9.51. The molecule has 14 heavy (non-hydrogen) atoms. The first-order chi connectivity index (χ1) is 6.38. The average molecular weight is 203 g/mol. The topological polar surface area (TPSA) is 41.5 Å². The van der Waals surface area contributed by atoms with E-state index in [9.17, 15) is 5.11 Å². The second-order valence-corrected chi connectivity index (χ2v) is 4.81. The quantitative estimate of drug-likeness (QED) is 0.686. The van der Waals surface area contributed by atoms with Gasteiger partial charge in [-0.1, -0.05) is 20.8 Å². The minimum Gasteiger partial charge on any atom is -0.389 e. The van der Waals surface area contributed by atoms with Crippen molar-refractivity contribution < 1.29 is 9.84 Å². The van der Waals surface area contributed by atoms with Crippen molar-refractivity contribution in [3.63, 3.8) is 0 Å². The smallest absolute Gasteiger partial charge is 0.0897 e. The predicted molar refractivity (Wildman–Crippen MR) is 59.4 cm³/mol. The number of hydrogen-bond acceptors (Lipinski definition) is 3.